The minimum Gasteiger partial charge on any atom is -0.397 e. The molecule has 4 nitrogen and oxygen atoms in total. The van der Waals surface area contributed by atoms with Crippen LogP contribution < -0.4 is 11.1 Å². The molecule has 2 unspecified atom stereocenters. The molecule has 1 aromatic heterocycles. The van der Waals surface area contributed by atoms with Gasteiger partial charge in [0.25, 0.3) is 0 Å². The second-order valence-electron chi connectivity index (χ2n) is 5.05. The Balaban J connectivity index is 1.82. The highest BCUT2D eigenvalue weighted by atomic mass is 32.2. The van der Waals surface area contributed by atoms with E-state index in [1.165, 1.54) is 12.8 Å². The number of hydrogen-bond donors (Lipinski definition) is 2. The van der Waals surface area contributed by atoms with Gasteiger partial charge in [-0.3, -0.25) is 9.78 Å². The number of pyridine rings is 1. The number of anilines is 1. The number of thioether (sulfide) groups is 1. The zero-order chi connectivity index (χ0) is 13.7. The SMILES string of the molecule is CSC1CCCC(NC(=O)Cc2ccc(N)cn2)C1. The maximum absolute atomic E-state index is 12.0. The first-order chi connectivity index (χ1) is 9.17. The lowest BCUT2D eigenvalue weighted by Gasteiger charge is -2.28. The lowest BCUT2D eigenvalue weighted by molar-refractivity contribution is -0.121. The maximum Gasteiger partial charge on any atom is 0.226 e. The molecule has 19 heavy (non-hydrogen) atoms. The van der Waals surface area contributed by atoms with Crippen molar-refractivity contribution in [3.8, 4) is 0 Å². The summed E-state index contributed by atoms with van der Waals surface area (Å²) in [4.78, 5) is 16.1. The Morgan fingerprint density at radius 2 is 2.37 bits per heavy atom. The fourth-order valence-corrected chi connectivity index (χ4v) is 3.30. The van der Waals surface area contributed by atoms with Crippen molar-refractivity contribution in [2.45, 2.75) is 43.4 Å². The first kappa shape index (κ1) is 14.2. The largest absolute Gasteiger partial charge is 0.397 e. The zero-order valence-electron chi connectivity index (χ0n) is 11.3. The Kier molecular flexibility index (Phi) is 5.07. The number of hydrogen-bond acceptors (Lipinski definition) is 4. The van der Waals surface area contributed by atoms with Crippen molar-refractivity contribution in [3.63, 3.8) is 0 Å². The van der Waals surface area contributed by atoms with Crippen LogP contribution in [-0.2, 0) is 11.2 Å². The Morgan fingerprint density at radius 1 is 1.53 bits per heavy atom. The quantitative estimate of drug-likeness (QED) is 0.884. The molecular formula is C14H21N3OS. The third-order valence-electron chi connectivity index (χ3n) is 3.51. The van der Waals surface area contributed by atoms with Crippen molar-refractivity contribution in [1.82, 2.24) is 10.3 Å². The van der Waals surface area contributed by atoms with Gasteiger partial charge < -0.3 is 11.1 Å². The van der Waals surface area contributed by atoms with Gasteiger partial charge in [0.2, 0.25) is 5.91 Å². The van der Waals surface area contributed by atoms with Crippen molar-refractivity contribution < 1.29 is 4.79 Å². The summed E-state index contributed by atoms with van der Waals surface area (Å²) >= 11 is 1.90. The van der Waals surface area contributed by atoms with Crippen LogP contribution in [0.1, 0.15) is 31.4 Å². The number of rotatable bonds is 4. The van der Waals surface area contributed by atoms with Gasteiger partial charge in [0, 0.05) is 17.0 Å². The second-order valence-corrected chi connectivity index (χ2v) is 6.19. The fourth-order valence-electron chi connectivity index (χ4n) is 2.47. The molecule has 1 saturated carbocycles. The molecule has 1 amide bonds. The van der Waals surface area contributed by atoms with Gasteiger partial charge in [-0.1, -0.05) is 6.42 Å². The number of nitrogens with two attached hydrogens (primary N) is 1. The van der Waals surface area contributed by atoms with E-state index in [9.17, 15) is 4.79 Å². The smallest absolute Gasteiger partial charge is 0.226 e. The van der Waals surface area contributed by atoms with Crippen LogP contribution in [0.5, 0.6) is 0 Å². The normalized spacial score (nSPS) is 23.0. The van der Waals surface area contributed by atoms with E-state index in [0.29, 0.717) is 23.4 Å². The first-order valence-corrected chi connectivity index (χ1v) is 7.98. The summed E-state index contributed by atoms with van der Waals surface area (Å²) < 4.78 is 0. The number of carbonyl (C=O) groups is 1. The van der Waals surface area contributed by atoms with E-state index in [4.69, 9.17) is 5.73 Å². The van der Waals surface area contributed by atoms with Crippen molar-refractivity contribution in [3.05, 3.63) is 24.0 Å². The molecule has 1 heterocycles. The molecule has 0 radical (unpaired) electrons. The summed E-state index contributed by atoms with van der Waals surface area (Å²) in [6.45, 7) is 0. The lowest BCUT2D eigenvalue weighted by atomic mass is 9.95. The average Bonchev–Trinajstić information content (AvgIpc) is 2.41. The molecule has 0 aliphatic heterocycles. The van der Waals surface area contributed by atoms with Gasteiger partial charge in [-0.2, -0.15) is 11.8 Å². The molecule has 0 spiro atoms. The third kappa shape index (κ3) is 4.42. The fraction of sp³-hybridized carbons (Fsp3) is 0.571. The minimum absolute atomic E-state index is 0.0593. The van der Waals surface area contributed by atoms with Crippen molar-refractivity contribution >= 4 is 23.4 Å². The van der Waals surface area contributed by atoms with Crippen molar-refractivity contribution in [2.24, 2.45) is 0 Å². The molecular weight excluding hydrogens is 258 g/mol. The Labute approximate surface area is 118 Å². The van der Waals surface area contributed by atoms with Crippen LogP contribution in [-0.4, -0.2) is 28.4 Å². The van der Waals surface area contributed by atoms with Gasteiger partial charge in [-0.05, 0) is 37.7 Å². The van der Waals surface area contributed by atoms with E-state index < -0.39 is 0 Å². The van der Waals surface area contributed by atoms with Crippen LogP contribution >= 0.6 is 11.8 Å². The molecule has 1 aliphatic rings. The van der Waals surface area contributed by atoms with E-state index in [1.54, 1.807) is 18.3 Å². The molecule has 1 aromatic rings. The monoisotopic (exact) mass is 279 g/mol. The zero-order valence-corrected chi connectivity index (χ0v) is 12.1. The number of nitrogens with one attached hydrogen (secondary N) is 1. The van der Waals surface area contributed by atoms with E-state index in [1.807, 2.05) is 11.8 Å². The number of nitrogen functional groups attached to an aromatic ring is 1. The molecule has 5 heteroatoms. The van der Waals surface area contributed by atoms with Crippen LogP contribution in [0.15, 0.2) is 18.3 Å². The van der Waals surface area contributed by atoms with E-state index >= 15 is 0 Å². The standard InChI is InChI=1S/C14H21N3OS/c1-19-13-4-2-3-12(7-13)17-14(18)8-11-6-5-10(15)9-16-11/h5-6,9,12-13H,2-4,7-8,15H2,1H3,(H,17,18). The minimum atomic E-state index is 0.0593. The number of amides is 1. The molecule has 0 saturated heterocycles. The van der Waals surface area contributed by atoms with Crippen LogP contribution in [0.2, 0.25) is 0 Å². The highest BCUT2D eigenvalue weighted by Gasteiger charge is 2.22. The van der Waals surface area contributed by atoms with Crippen LogP contribution in [0.25, 0.3) is 0 Å². The summed E-state index contributed by atoms with van der Waals surface area (Å²) in [5, 5.41) is 3.81. The molecule has 2 atom stereocenters. The predicted molar refractivity (Wildman–Crippen MR) is 80.1 cm³/mol. The summed E-state index contributed by atoms with van der Waals surface area (Å²) in [6.07, 6.45) is 8.73. The highest BCUT2D eigenvalue weighted by Crippen LogP contribution is 2.26. The molecule has 0 aromatic carbocycles. The van der Waals surface area contributed by atoms with E-state index in [2.05, 4.69) is 16.6 Å². The maximum atomic E-state index is 12.0. The molecule has 3 N–H and O–H groups in total. The van der Waals surface area contributed by atoms with Gasteiger partial charge in [-0.25, -0.2) is 0 Å². The van der Waals surface area contributed by atoms with Crippen molar-refractivity contribution in [2.75, 3.05) is 12.0 Å². The van der Waals surface area contributed by atoms with Crippen LogP contribution in [0.3, 0.4) is 0 Å². The molecule has 2 rings (SSSR count). The number of carbonyl (C=O) groups excluding carboxylic acids is 1. The van der Waals surface area contributed by atoms with Crippen LogP contribution in [0, 0.1) is 0 Å². The topological polar surface area (TPSA) is 68.0 Å². The summed E-state index contributed by atoms with van der Waals surface area (Å²) in [7, 11) is 0. The van der Waals surface area contributed by atoms with E-state index in [0.717, 1.165) is 18.5 Å². The Hall–Kier alpha value is -1.23. The summed E-state index contributed by atoms with van der Waals surface area (Å²) in [5.74, 6) is 0.0593. The summed E-state index contributed by atoms with van der Waals surface area (Å²) in [6, 6.07) is 3.91. The van der Waals surface area contributed by atoms with Gasteiger partial charge in [-0.15, -0.1) is 0 Å². The lowest BCUT2D eigenvalue weighted by Crippen LogP contribution is -2.39. The van der Waals surface area contributed by atoms with Crippen LogP contribution in [0.4, 0.5) is 5.69 Å². The Bertz CT molecular complexity index is 421. The van der Waals surface area contributed by atoms with Gasteiger partial charge in [0.1, 0.15) is 0 Å². The predicted octanol–water partition coefficient (Wildman–Crippen LogP) is 2.00. The van der Waals surface area contributed by atoms with Gasteiger partial charge in [0.15, 0.2) is 0 Å². The van der Waals surface area contributed by atoms with Gasteiger partial charge in [0.05, 0.1) is 18.3 Å². The van der Waals surface area contributed by atoms with Gasteiger partial charge >= 0.3 is 0 Å². The number of nitrogens with zero attached hydrogens (tertiary/aromatic N) is 1. The Morgan fingerprint density at radius 3 is 3.05 bits per heavy atom. The highest BCUT2D eigenvalue weighted by molar-refractivity contribution is 7.99. The van der Waals surface area contributed by atoms with Crippen molar-refractivity contribution in [1.29, 1.82) is 0 Å². The third-order valence-corrected chi connectivity index (χ3v) is 4.61. The number of aromatic nitrogens is 1. The summed E-state index contributed by atoms with van der Waals surface area (Å²) in [5.41, 5.74) is 6.96. The van der Waals surface area contributed by atoms with E-state index in [-0.39, 0.29) is 5.91 Å². The second kappa shape index (κ2) is 6.80. The average molecular weight is 279 g/mol. The first-order valence-electron chi connectivity index (χ1n) is 6.70. The molecule has 104 valence electrons. The molecule has 1 aliphatic carbocycles. The molecule has 0 bridgehead atoms. The molecule has 1 fully saturated rings.